The summed E-state index contributed by atoms with van der Waals surface area (Å²) >= 11 is 0. The van der Waals surface area contributed by atoms with E-state index in [-0.39, 0.29) is 22.4 Å². The van der Waals surface area contributed by atoms with Crippen molar-refractivity contribution in [3.8, 4) is 6.07 Å². The summed E-state index contributed by atoms with van der Waals surface area (Å²) < 4.78 is 27.5. The molecule has 0 spiro atoms. The van der Waals surface area contributed by atoms with Crippen LogP contribution in [0.4, 0.5) is 11.5 Å². The average molecular weight is 441 g/mol. The Kier molecular flexibility index (Phi) is 5.56. The molecule has 1 fully saturated rings. The van der Waals surface area contributed by atoms with Crippen molar-refractivity contribution >= 4 is 32.4 Å². The van der Waals surface area contributed by atoms with Gasteiger partial charge in [0, 0.05) is 26.0 Å². The highest BCUT2D eigenvalue weighted by Gasteiger charge is 2.29. The van der Waals surface area contributed by atoms with Gasteiger partial charge in [0.25, 0.3) is 5.56 Å². The molecule has 1 saturated carbocycles. The Balaban J connectivity index is 1.74. The second-order valence-corrected chi connectivity index (χ2v) is 10.0. The van der Waals surface area contributed by atoms with Crippen molar-refractivity contribution in [2.75, 3.05) is 19.4 Å². The second kappa shape index (κ2) is 8.17. The summed E-state index contributed by atoms with van der Waals surface area (Å²) in [6, 6.07) is 10.4. The molecule has 0 saturated heterocycles. The molecule has 0 bridgehead atoms. The Morgan fingerprint density at radius 3 is 2.58 bits per heavy atom. The Bertz CT molecular complexity index is 1300. The number of rotatable bonds is 5. The van der Waals surface area contributed by atoms with Crippen LogP contribution in [0.5, 0.6) is 0 Å². The van der Waals surface area contributed by atoms with Crippen LogP contribution >= 0.6 is 0 Å². The fourth-order valence-corrected chi connectivity index (χ4v) is 4.95. The van der Waals surface area contributed by atoms with Gasteiger partial charge in [-0.3, -0.25) is 9.48 Å². The molecule has 0 aliphatic heterocycles. The van der Waals surface area contributed by atoms with Gasteiger partial charge in [-0.2, -0.15) is 10.4 Å². The van der Waals surface area contributed by atoms with Crippen LogP contribution in [-0.2, 0) is 10.0 Å². The summed E-state index contributed by atoms with van der Waals surface area (Å²) in [5.74, 6) is 0.224. The number of benzene rings is 1. The molecule has 2 N–H and O–H groups in total. The molecule has 4 rings (SSSR count). The lowest BCUT2D eigenvalue weighted by Crippen LogP contribution is -2.23. The number of aromatic nitrogens is 3. The van der Waals surface area contributed by atoms with Crippen molar-refractivity contribution in [1.29, 1.82) is 5.26 Å². The van der Waals surface area contributed by atoms with Gasteiger partial charge in [0.05, 0.1) is 28.4 Å². The molecule has 2 heterocycles. The number of H-pyrrole nitrogens is 1. The van der Waals surface area contributed by atoms with Crippen LogP contribution in [0.2, 0.25) is 0 Å². The molecule has 2 aromatic heterocycles. The fraction of sp³-hybridized carbons (Fsp3) is 0.381. The smallest absolute Gasteiger partial charge is 0.261 e. The third-order valence-electron chi connectivity index (χ3n) is 5.74. The standard InChI is InChI=1S/C21H24N6O3S/c1-26(2)31(29,30)16-9-7-15(8-10-16)24-20-19-18(11-12-23-21(19)28)27(25-20)17-6-4-3-5-14(17)13-22/h7-12,14,17H,3-6H2,1-2H3,(H,23,28)(H,24,25)/t14-,17+/m1/s1. The van der Waals surface area contributed by atoms with E-state index >= 15 is 0 Å². The lowest BCUT2D eigenvalue weighted by Gasteiger charge is -2.27. The van der Waals surface area contributed by atoms with E-state index in [9.17, 15) is 18.5 Å². The zero-order valence-electron chi connectivity index (χ0n) is 17.4. The molecular formula is C21H24N6O3S. The van der Waals surface area contributed by atoms with Crippen LogP contribution in [0.3, 0.4) is 0 Å². The van der Waals surface area contributed by atoms with Crippen molar-refractivity contribution < 1.29 is 8.42 Å². The number of nitrogens with zero attached hydrogens (tertiary/aromatic N) is 4. The minimum absolute atomic E-state index is 0.0915. The first-order chi connectivity index (χ1) is 14.8. The van der Waals surface area contributed by atoms with E-state index in [0.29, 0.717) is 22.4 Å². The van der Waals surface area contributed by atoms with Gasteiger partial charge in [-0.25, -0.2) is 12.7 Å². The van der Waals surface area contributed by atoms with Gasteiger partial charge in [0.2, 0.25) is 10.0 Å². The Morgan fingerprint density at radius 2 is 1.90 bits per heavy atom. The van der Waals surface area contributed by atoms with E-state index in [1.165, 1.54) is 26.2 Å². The molecule has 0 radical (unpaired) electrons. The molecule has 1 aliphatic rings. The number of sulfonamides is 1. The number of anilines is 2. The van der Waals surface area contributed by atoms with E-state index in [1.54, 1.807) is 29.1 Å². The third kappa shape index (κ3) is 3.82. The highest BCUT2D eigenvalue weighted by atomic mass is 32.2. The number of nitriles is 1. The Labute approximate surface area is 180 Å². The van der Waals surface area contributed by atoms with Gasteiger partial charge in [-0.05, 0) is 43.2 Å². The van der Waals surface area contributed by atoms with Crippen LogP contribution in [-0.4, -0.2) is 41.6 Å². The summed E-state index contributed by atoms with van der Waals surface area (Å²) in [4.78, 5) is 15.5. The number of fused-ring (bicyclic) bond motifs is 1. The molecule has 0 unspecified atom stereocenters. The number of nitrogens with one attached hydrogen (secondary N) is 2. The van der Waals surface area contributed by atoms with Crippen molar-refractivity contribution in [3.05, 3.63) is 46.9 Å². The quantitative estimate of drug-likeness (QED) is 0.629. The summed E-state index contributed by atoms with van der Waals surface area (Å²) in [6.07, 6.45) is 5.26. The van der Waals surface area contributed by atoms with E-state index in [4.69, 9.17) is 0 Å². The minimum Gasteiger partial charge on any atom is -0.338 e. The SMILES string of the molecule is CN(C)S(=O)(=O)c1ccc(Nc2nn([C@H]3CCCC[C@@H]3C#N)c3cc[nH]c(=O)c23)cc1. The zero-order valence-corrected chi connectivity index (χ0v) is 18.2. The largest absolute Gasteiger partial charge is 0.338 e. The van der Waals surface area contributed by atoms with Crippen molar-refractivity contribution in [2.24, 2.45) is 5.92 Å². The maximum atomic E-state index is 12.6. The van der Waals surface area contributed by atoms with Crippen molar-refractivity contribution in [1.82, 2.24) is 19.1 Å². The van der Waals surface area contributed by atoms with E-state index < -0.39 is 10.0 Å². The van der Waals surface area contributed by atoms with Gasteiger partial charge in [-0.15, -0.1) is 0 Å². The van der Waals surface area contributed by atoms with Crippen molar-refractivity contribution in [2.45, 2.75) is 36.6 Å². The minimum atomic E-state index is -3.53. The van der Waals surface area contributed by atoms with E-state index in [0.717, 1.165) is 30.0 Å². The summed E-state index contributed by atoms with van der Waals surface area (Å²) in [6.45, 7) is 0. The van der Waals surface area contributed by atoms with Gasteiger partial charge < -0.3 is 10.3 Å². The maximum absolute atomic E-state index is 12.6. The van der Waals surface area contributed by atoms with Gasteiger partial charge in [0.1, 0.15) is 5.39 Å². The van der Waals surface area contributed by atoms with Crippen LogP contribution in [0.25, 0.3) is 10.9 Å². The van der Waals surface area contributed by atoms with Crippen LogP contribution in [0.15, 0.2) is 46.2 Å². The monoisotopic (exact) mass is 440 g/mol. The highest BCUT2D eigenvalue weighted by molar-refractivity contribution is 7.89. The molecule has 10 heteroatoms. The number of hydrogen-bond acceptors (Lipinski definition) is 6. The average Bonchev–Trinajstić information content (AvgIpc) is 3.13. The summed E-state index contributed by atoms with van der Waals surface area (Å²) in [5, 5.41) is 17.8. The summed E-state index contributed by atoms with van der Waals surface area (Å²) in [7, 11) is -0.570. The molecule has 2 atom stereocenters. The van der Waals surface area contributed by atoms with Gasteiger partial charge in [0.15, 0.2) is 5.82 Å². The molecule has 1 aliphatic carbocycles. The van der Waals surface area contributed by atoms with Crippen LogP contribution < -0.4 is 10.9 Å². The summed E-state index contributed by atoms with van der Waals surface area (Å²) in [5.41, 5.74) is 1.00. The van der Waals surface area contributed by atoms with Crippen LogP contribution in [0.1, 0.15) is 31.7 Å². The first-order valence-electron chi connectivity index (χ1n) is 10.1. The molecule has 3 aromatic rings. The number of hydrogen-bond donors (Lipinski definition) is 2. The molecular weight excluding hydrogens is 416 g/mol. The lowest BCUT2D eigenvalue weighted by molar-refractivity contribution is 0.277. The molecule has 162 valence electrons. The topological polar surface area (TPSA) is 124 Å². The molecule has 9 nitrogen and oxygen atoms in total. The van der Waals surface area contributed by atoms with Gasteiger partial charge in [-0.1, -0.05) is 12.8 Å². The second-order valence-electron chi connectivity index (χ2n) is 7.88. The maximum Gasteiger partial charge on any atom is 0.261 e. The lowest BCUT2D eigenvalue weighted by atomic mass is 9.85. The number of aromatic amines is 1. The van der Waals surface area contributed by atoms with E-state index in [2.05, 4.69) is 21.5 Å². The molecule has 1 aromatic carbocycles. The Hall–Kier alpha value is -3.16. The number of pyridine rings is 1. The molecule has 0 amide bonds. The predicted molar refractivity (Wildman–Crippen MR) is 118 cm³/mol. The van der Waals surface area contributed by atoms with Crippen molar-refractivity contribution in [3.63, 3.8) is 0 Å². The van der Waals surface area contributed by atoms with E-state index in [1.807, 2.05) is 0 Å². The fourth-order valence-electron chi connectivity index (χ4n) is 4.05. The first-order valence-corrected chi connectivity index (χ1v) is 11.6. The predicted octanol–water partition coefficient (Wildman–Crippen LogP) is 2.97. The normalized spacial score (nSPS) is 19.4. The van der Waals surface area contributed by atoms with Crippen LogP contribution in [0, 0.1) is 17.2 Å². The highest BCUT2D eigenvalue weighted by Crippen LogP contribution is 2.36. The third-order valence-corrected chi connectivity index (χ3v) is 7.56. The molecule has 31 heavy (non-hydrogen) atoms. The zero-order chi connectivity index (χ0) is 22.2. The van der Waals surface area contributed by atoms with Gasteiger partial charge >= 0.3 is 0 Å². The Morgan fingerprint density at radius 1 is 1.19 bits per heavy atom. The first kappa shape index (κ1) is 21.1.